The van der Waals surface area contributed by atoms with Gasteiger partial charge in [0, 0.05) is 32.0 Å². The quantitative estimate of drug-likeness (QED) is 0.395. The summed E-state index contributed by atoms with van der Waals surface area (Å²) in [7, 11) is 1.86. The number of halogens is 1. The summed E-state index contributed by atoms with van der Waals surface area (Å²) in [5.41, 5.74) is 2.61. The fraction of sp³-hybridized carbons (Fsp3) is 0.684. The van der Waals surface area contributed by atoms with Crippen molar-refractivity contribution in [2.45, 2.75) is 64.8 Å². The average molecular weight is 444 g/mol. The molecule has 0 aromatic carbocycles. The van der Waals surface area contributed by atoms with E-state index in [4.69, 9.17) is 0 Å². The van der Waals surface area contributed by atoms with E-state index < -0.39 is 0 Å². The Balaban J connectivity index is 0.00000288. The van der Waals surface area contributed by atoms with Gasteiger partial charge in [-0.2, -0.15) is 0 Å². The van der Waals surface area contributed by atoms with Crippen LogP contribution < -0.4 is 10.6 Å². The Morgan fingerprint density at radius 1 is 1.29 bits per heavy atom. The van der Waals surface area contributed by atoms with Gasteiger partial charge in [0.2, 0.25) is 0 Å². The van der Waals surface area contributed by atoms with Crippen molar-refractivity contribution in [3.8, 4) is 0 Å². The van der Waals surface area contributed by atoms with Crippen molar-refractivity contribution in [3.63, 3.8) is 0 Å². The van der Waals surface area contributed by atoms with E-state index in [0.29, 0.717) is 6.04 Å². The van der Waals surface area contributed by atoms with Crippen LogP contribution in [0.15, 0.2) is 23.5 Å². The van der Waals surface area contributed by atoms with Crippen molar-refractivity contribution >= 4 is 29.9 Å². The van der Waals surface area contributed by atoms with E-state index in [0.717, 1.165) is 24.8 Å². The number of hydrogen-bond donors (Lipinski definition) is 2. The van der Waals surface area contributed by atoms with Crippen LogP contribution in [0, 0.1) is 12.8 Å². The van der Waals surface area contributed by atoms with Crippen molar-refractivity contribution in [2.24, 2.45) is 10.9 Å². The average Bonchev–Trinajstić information content (AvgIpc) is 2.57. The molecule has 1 aliphatic carbocycles. The molecule has 4 nitrogen and oxygen atoms in total. The van der Waals surface area contributed by atoms with Crippen LogP contribution >= 0.6 is 24.0 Å². The minimum atomic E-state index is 0. The summed E-state index contributed by atoms with van der Waals surface area (Å²) in [5, 5.41) is 7.04. The van der Waals surface area contributed by atoms with E-state index in [1.165, 1.54) is 49.7 Å². The maximum atomic E-state index is 4.37. The van der Waals surface area contributed by atoms with Gasteiger partial charge in [0.25, 0.3) is 0 Å². The smallest absolute Gasteiger partial charge is 0.191 e. The molecular formula is C19H33IN4. The largest absolute Gasteiger partial charge is 0.356 e. The predicted molar refractivity (Wildman–Crippen MR) is 113 cm³/mol. The van der Waals surface area contributed by atoms with Gasteiger partial charge in [0.15, 0.2) is 5.96 Å². The first kappa shape index (κ1) is 21.2. The third-order valence-electron chi connectivity index (χ3n) is 4.93. The van der Waals surface area contributed by atoms with Gasteiger partial charge in [0.1, 0.15) is 0 Å². The second-order valence-corrected chi connectivity index (χ2v) is 6.70. The summed E-state index contributed by atoms with van der Waals surface area (Å²) in [6.07, 6.45) is 12.8. The first-order chi connectivity index (χ1) is 11.2. The molecule has 1 fully saturated rings. The monoisotopic (exact) mass is 444 g/mol. The molecule has 1 heterocycles. The predicted octanol–water partition coefficient (Wildman–Crippen LogP) is 4.07. The number of rotatable bonds is 6. The Morgan fingerprint density at radius 3 is 2.67 bits per heavy atom. The summed E-state index contributed by atoms with van der Waals surface area (Å²) >= 11 is 0. The molecule has 1 aromatic rings. The van der Waals surface area contributed by atoms with Gasteiger partial charge < -0.3 is 10.6 Å². The van der Waals surface area contributed by atoms with Crippen LogP contribution in [0.4, 0.5) is 0 Å². The van der Waals surface area contributed by atoms with Crippen molar-refractivity contribution in [1.82, 2.24) is 15.6 Å². The summed E-state index contributed by atoms with van der Waals surface area (Å²) in [4.78, 5) is 8.52. The molecule has 0 amide bonds. The van der Waals surface area contributed by atoms with E-state index >= 15 is 0 Å². The first-order valence-corrected chi connectivity index (χ1v) is 9.09. The molecule has 2 rings (SSSR count). The Kier molecular flexibility index (Phi) is 10.3. The highest BCUT2D eigenvalue weighted by Gasteiger charge is 2.21. The van der Waals surface area contributed by atoms with Gasteiger partial charge in [-0.25, -0.2) is 0 Å². The zero-order chi connectivity index (χ0) is 16.5. The number of guanidine groups is 1. The molecule has 1 saturated carbocycles. The number of nitrogens with one attached hydrogen (secondary N) is 2. The lowest BCUT2D eigenvalue weighted by molar-refractivity contribution is 0.295. The summed E-state index contributed by atoms with van der Waals surface area (Å²) in [5.74, 6) is 1.89. The first-order valence-electron chi connectivity index (χ1n) is 9.09. The lowest BCUT2D eigenvalue weighted by Crippen LogP contribution is -2.45. The zero-order valence-electron chi connectivity index (χ0n) is 15.3. The van der Waals surface area contributed by atoms with Gasteiger partial charge in [-0.1, -0.05) is 19.8 Å². The minimum absolute atomic E-state index is 0. The van der Waals surface area contributed by atoms with Gasteiger partial charge in [-0.3, -0.25) is 9.98 Å². The standard InChI is InChI=1S/C19H32N4.HI/c1-4-5-16-6-8-18(9-7-16)23-19(20-3)22-13-11-17-10-12-21-14-15(17)2;/h10,12,14,16,18H,4-9,11,13H2,1-3H3,(H2,20,22,23);1H. The molecule has 1 aliphatic rings. The molecule has 1 aromatic heterocycles. The third kappa shape index (κ3) is 6.95. The number of nitrogens with zero attached hydrogens (tertiary/aromatic N) is 2. The third-order valence-corrected chi connectivity index (χ3v) is 4.93. The van der Waals surface area contributed by atoms with Gasteiger partial charge in [0.05, 0.1) is 0 Å². The number of aryl methyl sites for hydroxylation is 1. The molecule has 5 heteroatoms. The van der Waals surface area contributed by atoms with E-state index in [-0.39, 0.29) is 24.0 Å². The topological polar surface area (TPSA) is 49.3 Å². The van der Waals surface area contributed by atoms with E-state index in [1.54, 1.807) is 0 Å². The van der Waals surface area contributed by atoms with Crippen LogP contribution in [0.2, 0.25) is 0 Å². The number of pyridine rings is 1. The molecule has 136 valence electrons. The summed E-state index contributed by atoms with van der Waals surface area (Å²) in [6, 6.07) is 2.68. The lowest BCUT2D eigenvalue weighted by atomic mass is 9.83. The molecular weight excluding hydrogens is 411 g/mol. The van der Waals surface area contributed by atoms with E-state index in [1.807, 2.05) is 19.4 Å². The fourth-order valence-electron chi connectivity index (χ4n) is 3.49. The van der Waals surface area contributed by atoms with Crippen molar-refractivity contribution < 1.29 is 0 Å². The zero-order valence-corrected chi connectivity index (χ0v) is 17.7. The lowest BCUT2D eigenvalue weighted by Gasteiger charge is -2.30. The Labute approximate surface area is 164 Å². The fourth-order valence-corrected chi connectivity index (χ4v) is 3.49. The maximum Gasteiger partial charge on any atom is 0.191 e. The molecule has 24 heavy (non-hydrogen) atoms. The summed E-state index contributed by atoms with van der Waals surface area (Å²) in [6.45, 7) is 5.31. The normalized spacial score (nSPS) is 21.0. The van der Waals surface area contributed by atoms with Crippen molar-refractivity contribution in [1.29, 1.82) is 0 Å². The molecule has 0 aliphatic heterocycles. The molecule has 0 spiro atoms. The van der Waals surface area contributed by atoms with Crippen molar-refractivity contribution in [2.75, 3.05) is 13.6 Å². The Bertz CT molecular complexity index is 496. The van der Waals surface area contributed by atoms with Gasteiger partial charge >= 0.3 is 0 Å². The molecule has 0 saturated heterocycles. The van der Waals surface area contributed by atoms with Crippen LogP contribution in [-0.2, 0) is 6.42 Å². The second kappa shape index (κ2) is 11.7. The number of aliphatic imine (C=N–C) groups is 1. The van der Waals surface area contributed by atoms with Crippen LogP contribution in [0.25, 0.3) is 0 Å². The molecule has 2 N–H and O–H groups in total. The van der Waals surface area contributed by atoms with Crippen LogP contribution in [0.5, 0.6) is 0 Å². The van der Waals surface area contributed by atoms with Crippen molar-refractivity contribution in [3.05, 3.63) is 29.6 Å². The van der Waals surface area contributed by atoms with Gasteiger partial charge in [-0.15, -0.1) is 24.0 Å². The highest BCUT2D eigenvalue weighted by atomic mass is 127. The number of aromatic nitrogens is 1. The van der Waals surface area contributed by atoms with Gasteiger partial charge in [-0.05, 0) is 62.1 Å². The SMILES string of the molecule is CCCC1CCC(NC(=NC)NCCc2ccncc2C)CC1.I. The molecule has 0 unspecified atom stereocenters. The molecule has 0 bridgehead atoms. The van der Waals surface area contributed by atoms with Crippen LogP contribution in [0.3, 0.4) is 0 Å². The Morgan fingerprint density at radius 2 is 2.04 bits per heavy atom. The minimum Gasteiger partial charge on any atom is -0.356 e. The number of hydrogen-bond acceptors (Lipinski definition) is 2. The second-order valence-electron chi connectivity index (χ2n) is 6.70. The summed E-state index contributed by atoms with van der Waals surface area (Å²) < 4.78 is 0. The highest BCUT2D eigenvalue weighted by Crippen LogP contribution is 2.27. The van der Waals surface area contributed by atoms with E-state index in [2.05, 4.69) is 40.5 Å². The van der Waals surface area contributed by atoms with E-state index in [9.17, 15) is 0 Å². The highest BCUT2D eigenvalue weighted by molar-refractivity contribution is 14.0. The molecule has 0 radical (unpaired) electrons. The van der Waals surface area contributed by atoms with Crippen LogP contribution in [-0.4, -0.2) is 30.6 Å². The Hall–Kier alpha value is -0.850. The molecule has 0 atom stereocenters. The maximum absolute atomic E-state index is 4.37. The van der Waals surface area contributed by atoms with Crippen LogP contribution in [0.1, 0.15) is 56.6 Å².